The molecule has 0 saturated carbocycles. The van der Waals surface area contributed by atoms with Crippen LogP contribution in [0.2, 0.25) is 9.36 Å². The highest BCUT2D eigenvalue weighted by Crippen LogP contribution is 2.60. The Bertz CT molecular complexity index is 882. The highest BCUT2D eigenvalue weighted by molar-refractivity contribution is 7.98. The second-order valence-electron chi connectivity index (χ2n) is 5.42. The Balaban J connectivity index is 1.74. The van der Waals surface area contributed by atoms with Crippen molar-refractivity contribution in [2.75, 3.05) is 6.26 Å². The molecule has 4 nitrogen and oxygen atoms in total. The third kappa shape index (κ3) is 2.76. The Hall–Kier alpha value is -1.05. The van der Waals surface area contributed by atoms with E-state index in [1.54, 1.807) is 18.1 Å². The minimum Gasteiger partial charge on any atom is -0.353 e. The summed E-state index contributed by atoms with van der Waals surface area (Å²) in [5.74, 6) is 0. The number of aromatic nitrogens is 3. The Labute approximate surface area is 157 Å². The summed E-state index contributed by atoms with van der Waals surface area (Å²) in [4.78, 5) is 5.34. The lowest BCUT2D eigenvalue weighted by molar-refractivity contribution is 0.260. The Morgan fingerprint density at radius 3 is 2.83 bits per heavy atom. The van der Waals surface area contributed by atoms with Crippen molar-refractivity contribution in [2.24, 2.45) is 0 Å². The summed E-state index contributed by atoms with van der Waals surface area (Å²) >= 11 is 15.6. The standard InChI is InChI=1S/C16H13Cl2N3OS2/c1-23-15-19-9-20-21(15)8-16(12-6-7-13(18)24-12)14(22-16)10-4-2-3-5-11(10)17/h2-7,9,14H,8H2,1H3/t14-,16-/m1/s1. The van der Waals surface area contributed by atoms with Crippen molar-refractivity contribution in [2.45, 2.75) is 23.4 Å². The number of nitrogens with zero attached hydrogens (tertiary/aromatic N) is 3. The highest BCUT2D eigenvalue weighted by atomic mass is 35.5. The Morgan fingerprint density at radius 1 is 1.29 bits per heavy atom. The lowest BCUT2D eigenvalue weighted by Gasteiger charge is -2.13. The van der Waals surface area contributed by atoms with Crippen LogP contribution in [0.25, 0.3) is 0 Å². The fourth-order valence-corrected chi connectivity index (χ4v) is 4.75. The van der Waals surface area contributed by atoms with Crippen LogP contribution in [-0.4, -0.2) is 21.0 Å². The number of benzene rings is 1. The molecule has 1 fully saturated rings. The Kier molecular flexibility index (Phi) is 4.34. The number of halogens is 2. The van der Waals surface area contributed by atoms with E-state index in [0.29, 0.717) is 11.6 Å². The molecule has 2 aromatic heterocycles. The zero-order valence-electron chi connectivity index (χ0n) is 12.6. The molecule has 1 aromatic carbocycles. The van der Waals surface area contributed by atoms with E-state index in [2.05, 4.69) is 10.1 Å². The van der Waals surface area contributed by atoms with Gasteiger partial charge in [-0.05, 0) is 24.5 Å². The molecule has 0 amide bonds. The van der Waals surface area contributed by atoms with E-state index in [9.17, 15) is 0 Å². The maximum atomic E-state index is 6.38. The van der Waals surface area contributed by atoms with E-state index in [1.165, 1.54) is 11.3 Å². The molecule has 0 unspecified atom stereocenters. The highest BCUT2D eigenvalue weighted by Gasteiger charge is 2.60. The summed E-state index contributed by atoms with van der Waals surface area (Å²) in [7, 11) is 0. The lowest BCUT2D eigenvalue weighted by atomic mass is 9.97. The number of hydrogen-bond donors (Lipinski definition) is 0. The number of thioether (sulfide) groups is 1. The van der Waals surface area contributed by atoms with Crippen molar-refractivity contribution >= 4 is 46.3 Å². The predicted octanol–water partition coefficient (Wildman–Crippen LogP) is 5.04. The summed E-state index contributed by atoms with van der Waals surface area (Å²) in [6, 6.07) is 11.7. The predicted molar refractivity (Wildman–Crippen MR) is 98.1 cm³/mol. The number of ether oxygens (including phenoxy) is 1. The molecule has 4 rings (SSSR count). The molecule has 2 atom stereocenters. The smallest absolute Gasteiger partial charge is 0.185 e. The van der Waals surface area contributed by atoms with Gasteiger partial charge in [0.05, 0.1) is 10.9 Å². The van der Waals surface area contributed by atoms with E-state index in [1.807, 2.05) is 47.3 Å². The summed E-state index contributed by atoms with van der Waals surface area (Å²) in [5.41, 5.74) is 0.468. The molecule has 1 aliphatic rings. The SMILES string of the molecule is CSc1ncnn1C[C@]1(c2ccc(Cl)s2)O[C@@H]1c1ccccc1Cl. The average Bonchev–Trinajstić information content (AvgIpc) is 2.91. The van der Waals surface area contributed by atoms with E-state index in [0.717, 1.165) is 19.9 Å². The van der Waals surface area contributed by atoms with Gasteiger partial charge in [-0.15, -0.1) is 11.3 Å². The van der Waals surface area contributed by atoms with Crippen molar-refractivity contribution in [1.29, 1.82) is 0 Å². The van der Waals surface area contributed by atoms with Crippen molar-refractivity contribution in [3.05, 3.63) is 62.5 Å². The topological polar surface area (TPSA) is 43.2 Å². The van der Waals surface area contributed by atoms with Gasteiger partial charge in [-0.3, -0.25) is 0 Å². The van der Waals surface area contributed by atoms with E-state index < -0.39 is 5.60 Å². The van der Waals surface area contributed by atoms with E-state index >= 15 is 0 Å². The first-order valence-corrected chi connectivity index (χ1v) is 10.0. The molecular weight excluding hydrogens is 385 g/mol. The van der Waals surface area contributed by atoms with Crippen LogP contribution in [0.1, 0.15) is 16.5 Å². The van der Waals surface area contributed by atoms with Crippen LogP contribution in [-0.2, 0) is 16.9 Å². The van der Waals surface area contributed by atoms with Gasteiger partial charge in [0.15, 0.2) is 10.8 Å². The van der Waals surface area contributed by atoms with Crippen LogP contribution < -0.4 is 0 Å². The maximum absolute atomic E-state index is 6.38. The largest absolute Gasteiger partial charge is 0.353 e. The summed E-state index contributed by atoms with van der Waals surface area (Å²) in [6.07, 6.45) is 3.42. The first kappa shape index (κ1) is 16.4. The van der Waals surface area contributed by atoms with Gasteiger partial charge in [-0.2, -0.15) is 5.10 Å². The minimum absolute atomic E-state index is 0.125. The summed E-state index contributed by atoms with van der Waals surface area (Å²) in [6.45, 7) is 0.565. The van der Waals surface area contributed by atoms with Gasteiger partial charge in [-0.25, -0.2) is 9.67 Å². The number of rotatable bonds is 5. The maximum Gasteiger partial charge on any atom is 0.185 e. The molecule has 0 N–H and O–H groups in total. The van der Waals surface area contributed by atoms with E-state index in [4.69, 9.17) is 27.9 Å². The van der Waals surface area contributed by atoms with E-state index in [-0.39, 0.29) is 6.10 Å². The van der Waals surface area contributed by atoms with Crippen LogP contribution in [0, 0.1) is 0 Å². The van der Waals surface area contributed by atoms with Crippen LogP contribution in [0.5, 0.6) is 0 Å². The molecule has 124 valence electrons. The summed E-state index contributed by atoms with van der Waals surface area (Å²) in [5, 5.41) is 5.90. The van der Waals surface area contributed by atoms with Crippen molar-refractivity contribution in [3.8, 4) is 0 Å². The zero-order valence-corrected chi connectivity index (χ0v) is 15.8. The molecule has 0 bridgehead atoms. The number of hydrogen-bond acceptors (Lipinski definition) is 5. The average molecular weight is 398 g/mol. The molecule has 24 heavy (non-hydrogen) atoms. The van der Waals surface area contributed by atoms with Gasteiger partial charge < -0.3 is 4.74 Å². The molecule has 0 aliphatic carbocycles. The van der Waals surface area contributed by atoms with Gasteiger partial charge in [0, 0.05) is 15.5 Å². The number of thiophene rings is 1. The summed E-state index contributed by atoms with van der Waals surface area (Å²) < 4.78 is 8.82. The van der Waals surface area contributed by atoms with Gasteiger partial charge >= 0.3 is 0 Å². The number of epoxide rings is 1. The van der Waals surface area contributed by atoms with Crippen molar-refractivity contribution in [1.82, 2.24) is 14.8 Å². The monoisotopic (exact) mass is 397 g/mol. The first-order valence-electron chi connectivity index (χ1n) is 7.24. The van der Waals surface area contributed by atoms with Gasteiger partial charge in [-0.1, -0.05) is 53.2 Å². The lowest BCUT2D eigenvalue weighted by Crippen LogP contribution is -2.19. The Morgan fingerprint density at radius 2 is 2.12 bits per heavy atom. The third-order valence-electron chi connectivity index (χ3n) is 4.02. The quantitative estimate of drug-likeness (QED) is 0.446. The van der Waals surface area contributed by atoms with Crippen molar-refractivity contribution in [3.63, 3.8) is 0 Å². The molecule has 0 spiro atoms. The molecule has 1 saturated heterocycles. The molecule has 1 aliphatic heterocycles. The molecular formula is C16H13Cl2N3OS2. The molecule has 8 heteroatoms. The van der Waals surface area contributed by atoms with Gasteiger partial charge in [0.25, 0.3) is 0 Å². The van der Waals surface area contributed by atoms with Crippen LogP contribution in [0.3, 0.4) is 0 Å². The van der Waals surface area contributed by atoms with Crippen LogP contribution in [0.15, 0.2) is 47.9 Å². The third-order valence-corrected chi connectivity index (χ3v) is 6.44. The minimum atomic E-state index is -0.513. The fraction of sp³-hybridized carbons (Fsp3) is 0.250. The molecule has 3 aromatic rings. The second-order valence-corrected chi connectivity index (χ2v) is 8.31. The van der Waals surface area contributed by atoms with Crippen molar-refractivity contribution < 1.29 is 4.74 Å². The zero-order chi connectivity index (χ0) is 16.7. The second kappa shape index (κ2) is 6.35. The van der Waals surface area contributed by atoms with Crippen LogP contribution >= 0.6 is 46.3 Å². The molecule has 3 heterocycles. The normalized spacial score (nSPS) is 22.7. The van der Waals surface area contributed by atoms with Gasteiger partial charge in [0.2, 0.25) is 0 Å². The van der Waals surface area contributed by atoms with Crippen LogP contribution in [0.4, 0.5) is 0 Å². The molecule has 0 radical (unpaired) electrons. The fourth-order valence-electron chi connectivity index (χ4n) is 2.85. The first-order chi connectivity index (χ1) is 11.6. The van der Waals surface area contributed by atoms with Gasteiger partial charge in [0.1, 0.15) is 12.4 Å².